The van der Waals surface area contributed by atoms with Crippen LogP contribution >= 0.6 is 11.6 Å². The zero-order chi connectivity index (χ0) is 16.7. The Balaban J connectivity index is 1.95. The molecule has 0 saturated carbocycles. The van der Waals surface area contributed by atoms with Gasteiger partial charge in [0, 0.05) is 0 Å². The molecule has 2 aromatic carbocycles. The van der Waals surface area contributed by atoms with Crippen molar-refractivity contribution < 1.29 is 14.6 Å². The number of carbonyl (C=O) groups excluding carboxylic acids is 1. The minimum atomic E-state index is -0.818. The lowest BCUT2D eigenvalue weighted by atomic mass is 10.0. The maximum absolute atomic E-state index is 12.0. The molecule has 2 aromatic rings. The van der Waals surface area contributed by atoms with E-state index in [4.69, 9.17) is 16.3 Å². The molecule has 0 aliphatic rings. The van der Waals surface area contributed by atoms with E-state index < -0.39 is 23.6 Å². The Morgan fingerprint density at radius 3 is 2.26 bits per heavy atom. The maximum atomic E-state index is 12.0. The molecule has 2 N–H and O–H groups in total. The first-order valence-electron chi connectivity index (χ1n) is 7.42. The second-order valence-corrected chi connectivity index (χ2v) is 5.76. The predicted octanol–water partition coefficient (Wildman–Crippen LogP) is 3.64. The summed E-state index contributed by atoms with van der Waals surface area (Å²) in [6, 6.07) is 18.0. The highest BCUT2D eigenvalue weighted by molar-refractivity contribution is 6.21. The number of nitrogens with one attached hydrogen (secondary N) is 1. The average Bonchev–Trinajstić information content (AvgIpc) is 2.58. The third-order valence-corrected chi connectivity index (χ3v) is 3.97. The van der Waals surface area contributed by atoms with E-state index in [9.17, 15) is 9.90 Å². The molecule has 23 heavy (non-hydrogen) atoms. The molecule has 0 radical (unpaired) electrons. The average molecular weight is 334 g/mol. The summed E-state index contributed by atoms with van der Waals surface area (Å²) in [5.41, 5.74) is 1.71. The van der Waals surface area contributed by atoms with E-state index in [1.807, 2.05) is 60.7 Å². The Labute approximate surface area is 141 Å². The van der Waals surface area contributed by atoms with E-state index in [0.717, 1.165) is 11.1 Å². The van der Waals surface area contributed by atoms with Crippen molar-refractivity contribution in [1.82, 2.24) is 5.32 Å². The number of alkyl carbamates (subject to hydrolysis) is 1. The van der Waals surface area contributed by atoms with Crippen molar-refractivity contribution in [3.05, 3.63) is 71.8 Å². The Kier molecular flexibility index (Phi) is 6.44. The molecule has 0 bridgehead atoms. The molecule has 3 atom stereocenters. The topological polar surface area (TPSA) is 58.6 Å². The minimum Gasteiger partial charge on any atom is -0.445 e. The molecule has 0 aliphatic carbocycles. The summed E-state index contributed by atoms with van der Waals surface area (Å²) in [5, 5.41) is 12.0. The molecule has 3 unspecified atom stereocenters. The SMILES string of the molecule is CC(O)C(NC(=O)OCc1ccccc1)C(Cl)c1ccccc1. The third-order valence-electron chi connectivity index (χ3n) is 3.45. The number of hydrogen-bond donors (Lipinski definition) is 2. The molecule has 2 rings (SSSR count). The fraction of sp³-hybridized carbons (Fsp3) is 0.278. The van der Waals surface area contributed by atoms with Gasteiger partial charge >= 0.3 is 6.09 Å². The van der Waals surface area contributed by atoms with Crippen molar-refractivity contribution in [3.63, 3.8) is 0 Å². The van der Waals surface area contributed by atoms with Crippen LogP contribution < -0.4 is 5.32 Å². The Hall–Kier alpha value is -2.04. The van der Waals surface area contributed by atoms with Crippen LogP contribution in [0.15, 0.2) is 60.7 Å². The van der Waals surface area contributed by atoms with Crippen LogP contribution in [-0.2, 0) is 11.3 Å². The summed E-state index contributed by atoms with van der Waals surface area (Å²) in [5.74, 6) is 0. The molecule has 1 amide bonds. The molecule has 0 heterocycles. The molecular weight excluding hydrogens is 314 g/mol. The highest BCUT2D eigenvalue weighted by atomic mass is 35.5. The number of aliphatic hydroxyl groups is 1. The van der Waals surface area contributed by atoms with E-state index in [1.54, 1.807) is 6.92 Å². The second kappa shape index (κ2) is 8.56. The van der Waals surface area contributed by atoms with Gasteiger partial charge in [0.25, 0.3) is 0 Å². The van der Waals surface area contributed by atoms with Crippen LogP contribution in [0, 0.1) is 0 Å². The van der Waals surface area contributed by atoms with Gasteiger partial charge in [0.2, 0.25) is 0 Å². The first-order chi connectivity index (χ1) is 11.1. The molecule has 4 nitrogen and oxygen atoms in total. The molecule has 0 fully saturated rings. The summed E-state index contributed by atoms with van der Waals surface area (Å²) >= 11 is 6.40. The van der Waals surface area contributed by atoms with Gasteiger partial charge in [0.05, 0.1) is 17.5 Å². The number of halogens is 1. The smallest absolute Gasteiger partial charge is 0.407 e. The normalized spacial score (nSPS) is 14.6. The standard InChI is InChI=1S/C18H20ClNO3/c1-13(21)17(16(19)15-10-6-3-7-11-15)20-18(22)23-12-14-8-4-2-5-9-14/h2-11,13,16-17,21H,12H2,1H3,(H,20,22). The number of ether oxygens (including phenoxy) is 1. The first-order valence-corrected chi connectivity index (χ1v) is 7.86. The monoisotopic (exact) mass is 333 g/mol. The highest BCUT2D eigenvalue weighted by Gasteiger charge is 2.27. The van der Waals surface area contributed by atoms with E-state index in [0.29, 0.717) is 0 Å². The fourth-order valence-corrected chi connectivity index (χ4v) is 2.60. The van der Waals surface area contributed by atoms with Gasteiger partial charge in [0.1, 0.15) is 6.61 Å². The van der Waals surface area contributed by atoms with Crippen molar-refractivity contribution in [2.45, 2.75) is 31.1 Å². The number of carbonyl (C=O) groups is 1. The van der Waals surface area contributed by atoms with Crippen molar-refractivity contribution in [3.8, 4) is 0 Å². The molecule has 0 aromatic heterocycles. The van der Waals surface area contributed by atoms with Crippen molar-refractivity contribution >= 4 is 17.7 Å². The number of hydrogen-bond acceptors (Lipinski definition) is 3. The number of alkyl halides is 1. The molecule has 5 heteroatoms. The van der Waals surface area contributed by atoms with Crippen molar-refractivity contribution in [2.24, 2.45) is 0 Å². The summed E-state index contributed by atoms with van der Waals surface area (Å²) in [6.45, 7) is 1.75. The lowest BCUT2D eigenvalue weighted by Gasteiger charge is -2.26. The van der Waals surface area contributed by atoms with Crippen LogP contribution in [-0.4, -0.2) is 23.3 Å². The Morgan fingerprint density at radius 2 is 1.70 bits per heavy atom. The zero-order valence-corrected chi connectivity index (χ0v) is 13.6. The van der Waals surface area contributed by atoms with Crippen LogP contribution in [0.5, 0.6) is 0 Å². The summed E-state index contributed by atoms with van der Waals surface area (Å²) in [4.78, 5) is 12.0. The lowest BCUT2D eigenvalue weighted by molar-refractivity contribution is 0.108. The lowest BCUT2D eigenvalue weighted by Crippen LogP contribution is -2.45. The van der Waals surface area contributed by atoms with E-state index in [-0.39, 0.29) is 6.61 Å². The van der Waals surface area contributed by atoms with Crippen LogP contribution in [0.25, 0.3) is 0 Å². The molecule has 0 spiro atoms. The molecule has 0 aliphatic heterocycles. The fourth-order valence-electron chi connectivity index (χ4n) is 2.18. The van der Waals surface area contributed by atoms with Crippen molar-refractivity contribution in [1.29, 1.82) is 0 Å². The molecule has 0 saturated heterocycles. The number of rotatable bonds is 6. The Bertz CT molecular complexity index is 604. The predicted molar refractivity (Wildman–Crippen MR) is 90.3 cm³/mol. The molecular formula is C18H20ClNO3. The minimum absolute atomic E-state index is 0.164. The quantitative estimate of drug-likeness (QED) is 0.793. The van der Waals surface area contributed by atoms with Gasteiger partial charge in [-0.2, -0.15) is 0 Å². The van der Waals surface area contributed by atoms with Gasteiger partial charge in [-0.3, -0.25) is 0 Å². The summed E-state index contributed by atoms with van der Waals surface area (Å²) in [6.07, 6.45) is -1.43. The number of amides is 1. The van der Waals surface area contributed by atoms with E-state index in [1.165, 1.54) is 0 Å². The number of benzene rings is 2. The van der Waals surface area contributed by atoms with Gasteiger partial charge in [-0.1, -0.05) is 60.7 Å². The van der Waals surface area contributed by atoms with E-state index in [2.05, 4.69) is 5.32 Å². The molecule has 122 valence electrons. The Morgan fingerprint density at radius 1 is 1.13 bits per heavy atom. The van der Waals surface area contributed by atoms with Gasteiger partial charge < -0.3 is 15.2 Å². The zero-order valence-electron chi connectivity index (χ0n) is 12.9. The van der Waals surface area contributed by atoms with Gasteiger partial charge in [-0.15, -0.1) is 11.6 Å². The largest absolute Gasteiger partial charge is 0.445 e. The van der Waals surface area contributed by atoms with Gasteiger partial charge in [-0.25, -0.2) is 4.79 Å². The van der Waals surface area contributed by atoms with Gasteiger partial charge in [0.15, 0.2) is 0 Å². The van der Waals surface area contributed by atoms with Gasteiger partial charge in [-0.05, 0) is 18.1 Å². The first kappa shape index (κ1) is 17.3. The van der Waals surface area contributed by atoms with Crippen molar-refractivity contribution in [2.75, 3.05) is 0 Å². The maximum Gasteiger partial charge on any atom is 0.407 e. The summed E-state index contributed by atoms with van der Waals surface area (Å²) < 4.78 is 5.17. The van der Waals surface area contributed by atoms with Crippen LogP contribution in [0.1, 0.15) is 23.4 Å². The van der Waals surface area contributed by atoms with Crippen LogP contribution in [0.4, 0.5) is 4.79 Å². The second-order valence-electron chi connectivity index (χ2n) is 5.28. The van der Waals surface area contributed by atoms with Crippen LogP contribution in [0.2, 0.25) is 0 Å². The van der Waals surface area contributed by atoms with E-state index >= 15 is 0 Å². The van der Waals surface area contributed by atoms with Crippen LogP contribution in [0.3, 0.4) is 0 Å². The third kappa shape index (κ3) is 5.27. The summed E-state index contributed by atoms with van der Waals surface area (Å²) in [7, 11) is 0. The number of aliphatic hydroxyl groups excluding tert-OH is 1. The highest BCUT2D eigenvalue weighted by Crippen LogP contribution is 2.26.